The molecule has 1 aromatic carbocycles. The molecular weight excluding hydrogens is 366 g/mol. The molecule has 3 rings (SSSR count). The minimum absolute atomic E-state index is 0.155. The lowest BCUT2D eigenvalue weighted by atomic mass is 9.97. The van der Waals surface area contributed by atoms with E-state index < -0.39 is 9.84 Å². The normalized spacial score (nSPS) is 20.1. The lowest BCUT2D eigenvalue weighted by Crippen LogP contribution is -2.44. The van der Waals surface area contributed by atoms with Crippen LogP contribution in [0.25, 0.3) is 0 Å². The molecule has 0 radical (unpaired) electrons. The quantitative estimate of drug-likeness (QED) is 0.838. The Labute approximate surface area is 159 Å². The molecule has 1 aromatic heterocycles. The fourth-order valence-corrected chi connectivity index (χ4v) is 4.25. The van der Waals surface area contributed by atoms with Crippen molar-refractivity contribution in [1.82, 2.24) is 10.3 Å². The molecule has 0 unspecified atom stereocenters. The van der Waals surface area contributed by atoms with Crippen LogP contribution < -0.4 is 10.6 Å². The summed E-state index contributed by atoms with van der Waals surface area (Å²) < 4.78 is 29.3. The van der Waals surface area contributed by atoms with Crippen LogP contribution in [0.15, 0.2) is 47.6 Å². The van der Waals surface area contributed by atoms with Gasteiger partial charge in [0.1, 0.15) is 6.10 Å². The van der Waals surface area contributed by atoms with Gasteiger partial charge in [0.25, 0.3) is 0 Å². The van der Waals surface area contributed by atoms with Gasteiger partial charge in [0.2, 0.25) is 0 Å². The number of urea groups is 1. The Bertz CT molecular complexity index is 916. The van der Waals surface area contributed by atoms with Crippen molar-refractivity contribution in [1.29, 1.82) is 0 Å². The number of carbonyl (C=O) groups is 1. The molecule has 2 aromatic rings. The Hall–Kier alpha value is -2.45. The molecule has 1 aliphatic rings. The molecule has 1 saturated heterocycles. The van der Waals surface area contributed by atoms with Gasteiger partial charge in [0.15, 0.2) is 9.84 Å². The van der Waals surface area contributed by atoms with E-state index in [1.165, 1.54) is 6.07 Å². The minimum Gasteiger partial charge on any atom is -0.371 e. The maximum atomic E-state index is 12.4. The molecule has 0 spiro atoms. The highest BCUT2D eigenvalue weighted by Crippen LogP contribution is 2.28. The van der Waals surface area contributed by atoms with Gasteiger partial charge in [0.05, 0.1) is 10.9 Å². The SMILES string of the molecule is Cc1cc(NC(=O)N[C@H]2CCCO[C@@H]2c2ccncc2)ccc1S(C)(=O)=O. The Balaban J connectivity index is 1.68. The van der Waals surface area contributed by atoms with Gasteiger partial charge in [-0.3, -0.25) is 4.98 Å². The standard InChI is InChI=1S/C19H23N3O4S/c1-13-12-15(5-6-17(13)27(2,24)25)21-19(23)22-16-4-3-11-26-18(16)14-7-9-20-10-8-14/h5-10,12,16,18H,3-4,11H2,1-2H3,(H2,21,22,23)/t16-,18+/m0/s1. The summed E-state index contributed by atoms with van der Waals surface area (Å²) in [5, 5.41) is 5.73. The molecule has 2 N–H and O–H groups in total. The Morgan fingerprint density at radius 2 is 1.96 bits per heavy atom. The number of rotatable bonds is 4. The largest absolute Gasteiger partial charge is 0.371 e. The second-order valence-electron chi connectivity index (χ2n) is 6.67. The number of nitrogens with zero attached hydrogens (tertiary/aromatic N) is 1. The summed E-state index contributed by atoms with van der Waals surface area (Å²) in [4.78, 5) is 16.7. The van der Waals surface area contributed by atoms with Crippen molar-refractivity contribution in [2.45, 2.75) is 36.8 Å². The molecule has 1 fully saturated rings. The highest BCUT2D eigenvalue weighted by Gasteiger charge is 2.28. The van der Waals surface area contributed by atoms with Gasteiger partial charge >= 0.3 is 6.03 Å². The van der Waals surface area contributed by atoms with Gasteiger partial charge in [-0.1, -0.05) is 0 Å². The van der Waals surface area contributed by atoms with Crippen LogP contribution in [0.4, 0.5) is 10.5 Å². The molecule has 0 bridgehead atoms. The van der Waals surface area contributed by atoms with Crippen LogP contribution >= 0.6 is 0 Å². The van der Waals surface area contributed by atoms with E-state index in [4.69, 9.17) is 4.74 Å². The van der Waals surface area contributed by atoms with Crippen molar-refractivity contribution < 1.29 is 17.9 Å². The fraction of sp³-hybridized carbons (Fsp3) is 0.368. The molecular formula is C19H23N3O4S. The number of anilines is 1. The first-order valence-electron chi connectivity index (χ1n) is 8.74. The van der Waals surface area contributed by atoms with Crippen molar-refractivity contribution in [3.8, 4) is 0 Å². The molecule has 2 atom stereocenters. The Kier molecular flexibility index (Phi) is 5.76. The molecule has 8 heteroatoms. The highest BCUT2D eigenvalue weighted by molar-refractivity contribution is 7.90. The molecule has 7 nitrogen and oxygen atoms in total. The Morgan fingerprint density at radius 1 is 1.22 bits per heavy atom. The van der Waals surface area contributed by atoms with Crippen molar-refractivity contribution in [3.63, 3.8) is 0 Å². The van der Waals surface area contributed by atoms with Crippen LogP contribution in [0, 0.1) is 6.92 Å². The summed E-state index contributed by atoms with van der Waals surface area (Å²) in [7, 11) is -3.29. The molecule has 27 heavy (non-hydrogen) atoms. The van der Waals surface area contributed by atoms with Crippen LogP contribution in [0.1, 0.15) is 30.1 Å². The number of aromatic nitrogens is 1. The minimum atomic E-state index is -3.29. The predicted octanol–water partition coefficient (Wildman–Crippen LogP) is 2.84. The molecule has 2 heterocycles. The number of hydrogen-bond donors (Lipinski definition) is 2. The van der Waals surface area contributed by atoms with E-state index in [1.807, 2.05) is 12.1 Å². The average molecular weight is 389 g/mol. The number of sulfone groups is 1. The van der Waals surface area contributed by atoms with Gasteiger partial charge in [-0.05, 0) is 61.2 Å². The molecule has 1 aliphatic heterocycles. The van der Waals surface area contributed by atoms with Gasteiger partial charge in [-0.25, -0.2) is 13.2 Å². The number of ether oxygens (including phenoxy) is 1. The van der Waals surface area contributed by atoms with Crippen molar-refractivity contribution in [2.24, 2.45) is 0 Å². The number of carbonyl (C=O) groups excluding carboxylic acids is 1. The van der Waals surface area contributed by atoms with E-state index in [9.17, 15) is 13.2 Å². The van der Waals surface area contributed by atoms with E-state index in [1.54, 1.807) is 31.5 Å². The smallest absolute Gasteiger partial charge is 0.319 e. The Morgan fingerprint density at radius 3 is 2.63 bits per heavy atom. The maximum Gasteiger partial charge on any atom is 0.319 e. The van der Waals surface area contributed by atoms with E-state index in [0.717, 1.165) is 24.7 Å². The van der Waals surface area contributed by atoms with Crippen LogP contribution in [0.3, 0.4) is 0 Å². The third-order valence-electron chi connectivity index (χ3n) is 4.51. The van der Waals surface area contributed by atoms with E-state index >= 15 is 0 Å². The fourth-order valence-electron chi connectivity index (χ4n) is 3.29. The van der Waals surface area contributed by atoms with E-state index in [2.05, 4.69) is 15.6 Å². The zero-order chi connectivity index (χ0) is 19.4. The first-order chi connectivity index (χ1) is 12.8. The average Bonchev–Trinajstić information content (AvgIpc) is 2.62. The molecule has 2 amide bonds. The second-order valence-corrected chi connectivity index (χ2v) is 8.66. The van der Waals surface area contributed by atoms with Crippen LogP contribution in [-0.4, -0.2) is 38.3 Å². The third-order valence-corrected chi connectivity index (χ3v) is 5.76. The third kappa shape index (κ3) is 4.84. The number of nitrogens with one attached hydrogen (secondary N) is 2. The molecule has 0 saturated carbocycles. The van der Waals surface area contributed by atoms with Gasteiger partial charge in [-0.2, -0.15) is 0 Å². The maximum absolute atomic E-state index is 12.4. The molecule has 0 aliphatic carbocycles. The van der Waals surface area contributed by atoms with Crippen LogP contribution in [-0.2, 0) is 14.6 Å². The summed E-state index contributed by atoms with van der Waals surface area (Å²) in [6.07, 6.45) is 6.04. The highest BCUT2D eigenvalue weighted by atomic mass is 32.2. The summed E-state index contributed by atoms with van der Waals surface area (Å²) >= 11 is 0. The summed E-state index contributed by atoms with van der Waals surface area (Å²) in [6.45, 7) is 2.35. The zero-order valence-corrected chi connectivity index (χ0v) is 16.1. The second kappa shape index (κ2) is 8.06. The first kappa shape index (κ1) is 19.3. The summed E-state index contributed by atoms with van der Waals surface area (Å²) in [5.41, 5.74) is 2.10. The van der Waals surface area contributed by atoms with Crippen LogP contribution in [0.2, 0.25) is 0 Å². The molecule has 144 valence electrons. The van der Waals surface area contributed by atoms with Crippen molar-refractivity contribution >= 4 is 21.6 Å². The van der Waals surface area contributed by atoms with Gasteiger partial charge in [0, 0.05) is 30.9 Å². The summed E-state index contributed by atoms with van der Waals surface area (Å²) in [6, 6.07) is 8.00. The van der Waals surface area contributed by atoms with Crippen LogP contribution in [0.5, 0.6) is 0 Å². The monoisotopic (exact) mass is 389 g/mol. The van der Waals surface area contributed by atoms with Crippen molar-refractivity contribution in [2.75, 3.05) is 18.2 Å². The number of benzene rings is 1. The first-order valence-corrected chi connectivity index (χ1v) is 10.6. The van der Waals surface area contributed by atoms with E-state index in [-0.39, 0.29) is 23.1 Å². The van der Waals surface area contributed by atoms with Crippen molar-refractivity contribution in [3.05, 3.63) is 53.9 Å². The number of amides is 2. The van der Waals surface area contributed by atoms with Gasteiger partial charge in [-0.15, -0.1) is 0 Å². The predicted molar refractivity (Wildman–Crippen MR) is 102 cm³/mol. The van der Waals surface area contributed by atoms with E-state index in [0.29, 0.717) is 17.9 Å². The number of aryl methyl sites for hydroxylation is 1. The number of hydrogen-bond acceptors (Lipinski definition) is 5. The topological polar surface area (TPSA) is 97.4 Å². The zero-order valence-electron chi connectivity index (χ0n) is 15.3. The lowest BCUT2D eigenvalue weighted by molar-refractivity contribution is -0.00701. The number of pyridine rings is 1. The van der Waals surface area contributed by atoms with Gasteiger partial charge < -0.3 is 15.4 Å². The summed E-state index contributed by atoms with van der Waals surface area (Å²) in [5.74, 6) is 0. The lowest BCUT2D eigenvalue weighted by Gasteiger charge is -2.32.